The Morgan fingerprint density at radius 2 is 1.43 bits per heavy atom. The first-order chi connectivity index (χ1) is 10.0. The second kappa shape index (κ2) is 9.82. The van der Waals surface area contributed by atoms with Gasteiger partial charge in [-0.3, -0.25) is 0 Å². The summed E-state index contributed by atoms with van der Waals surface area (Å²) < 4.78 is 37.2. The van der Waals surface area contributed by atoms with Crippen molar-refractivity contribution in [1.82, 2.24) is 5.32 Å². The molecule has 0 saturated heterocycles. The van der Waals surface area contributed by atoms with Crippen LogP contribution in [-0.2, 0) is 12.7 Å². The largest absolute Gasteiger partial charge is 0.416 e. The predicted molar refractivity (Wildman–Crippen MR) is 81.1 cm³/mol. The number of alkyl halides is 3. The second-order valence-electron chi connectivity index (χ2n) is 5.49. The molecule has 21 heavy (non-hydrogen) atoms. The van der Waals surface area contributed by atoms with Crippen LogP contribution in [0.4, 0.5) is 13.2 Å². The van der Waals surface area contributed by atoms with Gasteiger partial charge in [-0.2, -0.15) is 13.2 Å². The topological polar surface area (TPSA) is 12.0 Å². The average Bonchev–Trinajstić information content (AvgIpc) is 2.45. The molecule has 120 valence electrons. The molecule has 4 heteroatoms. The summed E-state index contributed by atoms with van der Waals surface area (Å²) in [6.07, 6.45) is 4.63. The highest BCUT2D eigenvalue weighted by Gasteiger charge is 2.29. The lowest BCUT2D eigenvalue weighted by atomic mass is 10.1. The number of benzene rings is 1. The second-order valence-corrected chi connectivity index (χ2v) is 5.49. The number of hydrogen-bond donors (Lipinski definition) is 1. The van der Waals surface area contributed by atoms with E-state index in [2.05, 4.69) is 12.2 Å². The number of halogens is 3. The molecule has 0 fully saturated rings. The maximum atomic E-state index is 12.4. The van der Waals surface area contributed by atoms with Crippen molar-refractivity contribution in [2.75, 3.05) is 6.54 Å². The molecular weight excluding hydrogens is 275 g/mol. The molecule has 1 rings (SSSR count). The van der Waals surface area contributed by atoms with E-state index < -0.39 is 11.7 Å². The van der Waals surface area contributed by atoms with Crippen LogP contribution in [0.15, 0.2) is 24.3 Å². The Morgan fingerprint density at radius 3 is 2.00 bits per heavy atom. The van der Waals surface area contributed by atoms with E-state index in [4.69, 9.17) is 0 Å². The molecule has 0 amide bonds. The number of nitrogens with one attached hydrogen (secondary N) is 1. The number of unbranched alkanes of at least 4 members (excludes halogenated alkanes) is 6. The van der Waals surface area contributed by atoms with Gasteiger partial charge in [-0.25, -0.2) is 0 Å². The van der Waals surface area contributed by atoms with Crippen LogP contribution in [0.1, 0.15) is 63.0 Å². The van der Waals surface area contributed by atoms with E-state index in [0.29, 0.717) is 6.54 Å². The van der Waals surface area contributed by atoms with Crippen molar-refractivity contribution in [2.45, 2.75) is 64.6 Å². The Hall–Kier alpha value is -1.03. The molecule has 0 heterocycles. The molecule has 0 aromatic heterocycles. The minimum atomic E-state index is -4.25. The highest BCUT2D eigenvalue weighted by atomic mass is 19.4. The molecule has 1 nitrogen and oxygen atoms in total. The van der Waals surface area contributed by atoms with Crippen molar-refractivity contribution in [2.24, 2.45) is 0 Å². The van der Waals surface area contributed by atoms with Crippen LogP contribution in [-0.4, -0.2) is 6.54 Å². The molecule has 0 spiro atoms. The summed E-state index contributed by atoms with van der Waals surface area (Å²) in [7, 11) is 0. The molecule has 1 aromatic rings. The first-order valence-corrected chi connectivity index (χ1v) is 7.91. The molecule has 0 aliphatic rings. The van der Waals surface area contributed by atoms with Crippen LogP contribution in [0, 0.1) is 0 Å². The fourth-order valence-corrected chi connectivity index (χ4v) is 2.25. The fraction of sp³-hybridized carbons (Fsp3) is 0.647. The lowest BCUT2D eigenvalue weighted by Gasteiger charge is -2.08. The van der Waals surface area contributed by atoms with Gasteiger partial charge in [-0.15, -0.1) is 0 Å². The zero-order valence-electron chi connectivity index (χ0n) is 12.8. The van der Waals surface area contributed by atoms with Gasteiger partial charge in [0.25, 0.3) is 0 Å². The quantitative estimate of drug-likeness (QED) is 0.559. The van der Waals surface area contributed by atoms with Crippen molar-refractivity contribution in [3.8, 4) is 0 Å². The first-order valence-electron chi connectivity index (χ1n) is 7.91. The predicted octanol–water partition coefficient (Wildman–Crippen LogP) is 5.55. The fourth-order valence-electron chi connectivity index (χ4n) is 2.25. The molecular formula is C17H26F3N. The maximum Gasteiger partial charge on any atom is 0.416 e. The van der Waals surface area contributed by atoms with E-state index >= 15 is 0 Å². The molecule has 0 unspecified atom stereocenters. The van der Waals surface area contributed by atoms with Gasteiger partial charge < -0.3 is 5.32 Å². The monoisotopic (exact) mass is 301 g/mol. The maximum absolute atomic E-state index is 12.4. The van der Waals surface area contributed by atoms with Gasteiger partial charge in [0.05, 0.1) is 5.56 Å². The van der Waals surface area contributed by atoms with Crippen molar-refractivity contribution in [1.29, 1.82) is 0 Å². The van der Waals surface area contributed by atoms with Crippen LogP contribution in [0.2, 0.25) is 0 Å². The minimum Gasteiger partial charge on any atom is -0.313 e. The molecule has 1 aromatic carbocycles. The summed E-state index contributed by atoms with van der Waals surface area (Å²) in [6, 6.07) is 5.37. The van der Waals surface area contributed by atoms with E-state index in [-0.39, 0.29) is 0 Å². The van der Waals surface area contributed by atoms with Gasteiger partial charge in [0.1, 0.15) is 0 Å². The highest BCUT2D eigenvalue weighted by molar-refractivity contribution is 5.24. The van der Waals surface area contributed by atoms with Gasteiger partial charge in [0.2, 0.25) is 0 Å². The van der Waals surface area contributed by atoms with Gasteiger partial charge >= 0.3 is 6.18 Å². The van der Waals surface area contributed by atoms with E-state index in [1.165, 1.54) is 38.5 Å². The van der Waals surface area contributed by atoms with E-state index in [1.807, 2.05) is 0 Å². The van der Waals surface area contributed by atoms with Gasteiger partial charge in [0, 0.05) is 6.54 Å². The Morgan fingerprint density at radius 1 is 0.857 bits per heavy atom. The van der Waals surface area contributed by atoms with Gasteiger partial charge in [-0.05, 0) is 30.7 Å². The summed E-state index contributed by atoms with van der Waals surface area (Å²) in [4.78, 5) is 0. The zero-order chi connectivity index (χ0) is 15.6. The van der Waals surface area contributed by atoms with E-state index in [1.54, 1.807) is 12.1 Å². The summed E-state index contributed by atoms with van der Waals surface area (Å²) in [5.74, 6) is 0. The Bertz CT molecular complexity index is 371. The minimum absolute atomic E-state index is 0.585. The summed E-state index contributed by atoms with van der Waals surface area (Å²) in [5, 5.41) is 3.28. The molecule has 0 aliphatic heterocycles. The summed E-state index contributed by atoms with van der Waals surface area (Å²) in [6.45, 7) is 3.77. The van der Waals surface area contributed by atoms with E-state index in [9.17, 15) is 13.2 Å². The normalized spacial score (nSPS) is 11.8. The summed E-state index contributed by atoms with van der Waals surface area (Å²) in [5.41, 5.74) is 0.310. The molecule has 0 saturated carbocycles. The molecule has 1 N–H and O–H groups in total. The Kier molecular flexibility index (Phi) is 8.43. The lowest BCUT2D eigenvalue weighted by Crippen LogP contribution is -2.15. The van der Waals surface area contributed by atoms with Crippen molar-refractivity contribution in [3.05, 3.63) is 35.4 Å². The SMILES string of the molecule is CCCCCCCCCNCc1ccc(C(F)(F)F)cc1. The van der Waals surface area contributed by atoms with Crippen LogP contribution in [0.25, 0.3) is 0 Å². The lowest BCUT2D eigenvalue weighted by molar-refractivity contribution is -0.137. The third kappa shape index (κ3) is 8.10. The smallest absolute Gasteiger partial charge is 0.313 e. The van der Waals surface area contributed by atoms with Gasteiger partial charge in [-0.1, -0.05) is 57.6 Å². The first kappa shape index (κ1) is 18.0. The highest BCUT2D eigenvalue weighted by Crippen LogP contribution is 2.28. The van der Waals surface area contributed by atoms with Crippen LogP contribution in [0.5, 0.6) is 0 Å². The van der Waals surface area contributed by atoms with E-state index in [0.717, 1.165) is 30.7 Å². The Balaban J connectivity index is 2.08. The number of rotatable bonds is 10. The third-order valence-corrected chi connectivity index (χ3v) is 3.57. The average molecular weight is 301 g/mol. The third-order valence-electron chi connectivity index (χ3n) is 3.57. The molecule has 0 atom stereocenters. The molecule has 0 aliphatic carbocycles. The van der Waals surface area contributed by atoms with Crippen molar-refractivity contribution in [3.63, 3.8) is 0 Å². The van der Waals surface area contributed by atoms with Crippen LogP contribution < -0.4 is 5.32 Å². The van der Waals surface area contributed by atoms with Crippen LogP contribution in [0.3, 0.4) is 0 Å². The number of hydrogen-bond acceptors (Lipinski definition) is 1. The standard InChI is InChI=1S/C17H26F3N/c1-2-3-4-5-6-7-8-13-21-14-15-9-11-16(12-10-15)17(18,19)20/h9-12,21H,2-8,13-14H2,1H3. The molecule has 0 bridgehead atoms. The van der Waals surface area contributed by atoms with Gasteiger partial charge in [0.15, 0.2) is 0 Å². The van der Waals surface area contributed by atoms with Crippen LogP contribution >= 0.6 is 0 Å². The summed E-state index contributed by atoms with van der Waals surface area (Å²) >= 11 is 0. The Labute approximate surface area is 125 Å². The van der Waals surface area contributed by atoms with Crippen molar-refractivity contribution < 1.29 is 13.2 Å². The molecule has 0 radical (unpaired) electrons. The zero-order valence-corrected chi connectivity index (χ0v) is 12.8. The van der Waals surface area contributed by atoms with Crippen molar-refractivity contribution >= 4 is 0 Å².